The Morgan fingerprint density at radius 2 is 1.68 bits per heavy atom. The highest BCUT2D eigenvalue weighted by atomic mass is 16.1. The first-order chi connectivity index (χ1) is 13.7. The SMILES string of the molecule is CCCCNC(=O)c1cc(NC(C)c2ccccc2)nc(-c2ccccc2)n1. The van der Waals surface area contributed by atoms with Gasteiger partial charge in [-0.25, -0.2) is 9.97 Å². The topological polar surface area (TPSA) is 66.9 Å². The van der Waals surface area contributed by atoms with Crippen molar-refractivity contribution < 1.29 is 4.79 Å². The number of unbranched alkanes of at least 4 members (excludes halogenated alkanes) is 1. The van der Waals surface area contributed by atoms with Crippen LogP contribution in [0.15, 0.2) is 66.7 Å². The normalized spacial score (nSPS) is 11.6. The number of aromatic nitrogens is 2. The predicted molar refractivity (Wildman–Crippen MR) is 113 cm³/mol. The summed E-state index contributed by atoms with van der Waals surface area (Å²) in [5.41, 5.74) is 2.39. The van der Waals surface area contributed by atoms with Crippen LogP contribution in [0.3, 0.4) is 0 Å². The molecule has 0 saturated carbocycles. The molecular weight excluding hydrogens is 348 g/mol. The minimum Gasteiger partial charge on any atom is -0.363 e. The van der Waals surface area contributed by atoms with Crippen LogP contribution in [0.25, 0.3) is 11.4 Å². The van der Waals surface area contributed by atoms with Crippen molar-refractivity contribution >= 4 is 11.7 Å². The highest BCUT2D eigenvalue weighted by molar-refractivity contribution is 5.93. The van der Waals surface area contributed by atoms with Crippen molar-refractivity contribution in [2.75, 3.05) is 11.9 Å². The van der Waals surface area contributed by atoms with Gasteiger partial charge in [-0.3, -0.25) is 4.79 Å². The van der Waals surface area contributed by atoms with Gasteiger partial charge in [0.25, 0.3) is 5.91 Å². The molecule has 0 bridgehead atoms. The lowest BCUT2D eigenvalue weighted by Gasteiger charge is -2.16. The second-order valence-corrected chi connectivity index (χ2v) is 6.71. The number of anilines is 1. The molecule has 3 rings (SSSR count). The number of benzene rings is 2. The first kappa shape index (κ1) is 19.5. The molecule has 0 aliphatic carbocycles. The third-order valence-electron chi connectivity index (χ3n) is 4.47. The summed E-state index contributed by atoms with van der Waals surface area (Å²) in [4.78, 5) is 21.7. The molecule has 5 nitrogen and oxygen atoms in total. The minimum atomic E-state index is -0.177. The van der Waals surface area contributed by atoms with Crippen LogP contribution in [0.5, 0.6) is 0 Å². The standard InChI is InChI=1S/C23H26N4O/c1-3-4-15-24-23(28)20-16-21(25-17(2)18-11-7-5-8-12-18)27-22(26-20)19-13-9-6-10-14-19/h5-14,16-17H,3-4,15H2,1-2H3,(H,24,28)(H,25,26,27). The van der Waals surface area contributed by atoms with Gasteiger partial charge in [0.2, 0.25) is 0 Å². The quantitative estimate of drug-likeness (QED) is 0.553. The van der Waals surface area contributed by atoms with Crippen molar-refractivity contribution in [1.29, 1.82) is 0 Å². The fourth-order valence-electron chi connectivity index (χ4n) is 2.87. The molecule has 1 atom stereocenters. The Bertz CT molecular complexity index is 897. The fourth-order valence-corrected chi connectivity index (χ4v) is 2.87. The lowest BCUT2D eigenvalue weighted by Crippen LogP contribution is -2.26. The zero-order valence-corrected chi connectivity index (χ0v) is 16.4. The van der Waals surface area contributed by atoms with Gasteiger partial charge in [0.15, 0.2) is 5.82 Å². The largest absolute Gasteiger partial charge is 0.363 e. The predicted octanol–water partition coefficient (Wildman–Crippen LogP) is 4.85. The van der Waals surface area contributed by atoms with Crippen molar-refractivity contribution in [3.05, 3.63) is 78.0 Å². The van der Waals surface area contributed by atoms with E-state index in [2.05, 4.69) is 46.6 Å². The molecule has 1 unspecified atom stereocenters. The Morgan fingerprint density at radius 3 is 2.36 bits per heavy atom. The number of hydrogen-bond acceptors (Lipinski definition) is 4. The molecule has 1 heterocycles. The third-order valence-corrected chi connectivity index (χ3v) is 4.47. The van der Waals surface area contributed by atoms with Crippen LogP contribution in [0.2, 0.25) is 0 Å². The molecule has 2 aromatic carbocycles. The van der Waals surface area contributed by atoms with Gasteiger partial charge in [0.1, 0.15) is 11.5 Å². The smallest absolute Gasteiger partial charge is 0.270 e. The Hall–Kier alpha value is -3.21. The molecule has 0 saturated heterocycles. The number of hydrogen-bond donors (Lipinski definition) is 2. The molecule has 5 heteroatoms. The van der Waals surface area contributed by atoms with E-state index in [4.69, 9.17) is 0 Å². The summed E-state index contributed by atoms with van der Waals surface area (Å²) in [5, 5.41) is 6.33. The minimum absolute atomic E-state index is 0.0516. The van der Waals surface area contributed by atoms with E-state index >= 15 is 0 Å². The lowest BCUT2D eigenvalue weighted by molar-refractivity contribution is 0.0948. The number of carbonyl (C=O) groups excluding carboxylic acids is 1. The van der Waals surface area contributed by atoms with Crippen molar-refractivity contribution in [2.45, 2.75) is 32.7 Å². The molecule has 2 N–H and O–H groups in total. The first-order valence-corrected chi connectivity index (χ1v) is 9.71. The molecule has 0 spiro atoms. The summed E-state index contributed by atoms with van der Waals surface area (Å²) in [6.45, 7) is 4.81. The van der Waals surface area contributed by atoms with Crippen LogP contribution in [0, 0.1) is 0 Å². The fraction of sp³-hybridized carbons (Fsp3) is 0.261. The summed E-state index contributed by atoms with van der Waals surface area (Å²) < 4.78 is 0. The maximum Gasteiger partial charge on any atom is 0.270 e. The Morgan fingerprint density at radius 1 is 1.00 bits per heavy atom. The average molecular weight is 374 g/mol. The van der Waals surface area contributed by atoms with Gasteiger partial charge in [-0.05, 0) is 18.9 Å². The van der Waals surface area contributed by atoms with Gasteiger partial charge in [-0.1, -0.05) is 74.0 Å². The van der Waals surface area contributed by atoms with E-state index in [9.17, 15) is 4.79 Å². The van der Waals surface area contributed by atoms with Crippen molar-refractivity contribution in [1.82, 2.24) is 15.3 Å². The maximum absolute atomic E-state index is 12.6. The molecule has 0 aliphatic heterocycles. The van der Waals surface area contributed by atoms with Crippen molar-refractivity contribution in [2.24, 2.45) is 0 Å². The highest BCUT2D eigenvalue weighted by Gasteiger charge is 2.14. The lowest BCUT2D eigenvalue weighted by atomic mass is 10.1. The number of amides is 1. The van der Waals surface area contributed by atoms with Crippen LogP contribution < -0.4 is 10.6 Å². The van der Waals surface area contributed by atoms with Gasteiger partial charge in [-0.15, -0.1) is 0 Å². The van der Waals surface area contributed by atoms with E-state index in [-0.39, 0.29) is 11.9 Å². The number of carbonyl (C=O) groups is 1. The summed E-state index contributed by atoms with van der Waals surface area (Å²) in [5.74, 6) is 0.987. The molecule has 1 amide bonds. The number of nitrogens with one attached hydrogen (secondary N) is 2. The summed E-state index contributed by atoms with van der Waals surface area (Å²) in [6.07, 6.45) is 1.97. The van der Waals surface area contributed by atoms with E-state index in [1.165, 1.54) is 0 Å². The van der Waals surface area contributed by atoms with Crippen LogP contribution in [0.4, 0.5) is 5.82 Å². The van der Waals surface area contributed by atoms with Gasteiger partial charge < -0.3 is 10.6 Å². The Labute approximate surface area is 166 Å². The maximum atomic E-state index is 12.6. The zero-order chi connectivity index (χ0) is 19.8. The van der Waals surface area contributed by atoms with E-state index in [1.807, 2.05) is 48.5 Å². The molecule has 0 fully saturated rings. The van der Waals surface area contributed by atoms with E-state index < -0.39 is 0 Å². The molecule has 3 aromatic rings. The molecular formula is C23H26N4O. The second kappa shape index (κ2) is 9.65. The molecule has 0 aliphatic rings. The molecule has 1 aromatic heterocycles. The van der Waals surface area contributed by atoms with E-state index in [0.29, 0.717) is 23.9 Å². The van der Waals surface area contributed by atoms with Crippen LogP contribution in [-0.2, 0) is 0 Å². The van der Waals surface area contributed by atoms with Gasteiger partial charge >= 0.3 is 0 Å². The summed E-state index contributed by atoms with van der Waals surface area (Å²) in [6, 6.07) is 21.6. The van der Waals surface area contributed by atoms with Crippen molar-refractivity contribution in [3.63, 3.8) is 0 Å². The van der Waals surface area contributed by atoms with Crippen LogP contribution in [0.1, 0.15) is 48.8 Å². The monoisotopic (exact) mass is 374 g/mol. The third kappa shape index (κ3) is 5.16. The highest BCUT2D eigenvalue weighted by Crippen LogP contribution is 2.22. The molecule has 28 heavy (non-hydrogen) atoms. The van der Waals surface area contributed by atoms with Gasteiger partial charge in [0, 0.05) is 24.2 Å². The van der Waals surface area contributed by atoms with E-state index in [1.54, 1.807) is 6.07 Å². The molecule has 144 valence electrons. The number of nitrogens with zero attached hydrogens (tertiary/aromatic N) is 2. The first-order valence-electron chi connectivity index (χ1n) is 9.71. The Kier molecular flexibility index (Phi) is 6.73. The molecule has 0 radical (unpaired) electrons. The van der Waals surface area contributed by atoms with E-state index in [0.717, 1.165) is 24.0 Å². The zero-order valence-electron chi connectivity index (χ0n) is 16.4. The van der Waals surface area contributed by atoms with Crippen molar-refractivity contribution in [3.8, 4) is 11.4 Å². The second-order valence-electron chi connectivity index (χ2n) is 6.71. The number of rotatable bonds is 8. The summed E-state index contributed by atoms with van der Waals surface area (Å²) >= 11 is 0. The van der Waals surface area contributed by atoms with Gasteiger partial charge in [0.05, 0.1) is 0 Å². The average Bonchev–Trinajstić information content (AvgIpc) is 2.75. The van der Waals surface area contributed by atoms with Crippen LogP contribution >= 0.6 is 0 Å². The van der Waals surface area contributed by atoms with Gasteiger partial charge in [-0.2, -0.15) is 0 Å². The summed E-state index contributed by atoms with van der Waals surface area (Å²) in [7, 11) is 0. The Balaban J connectivity index is 1.89. The van der Waals surface area contributed by atoms with Crippen LogP contribution in [-0.4, -0.2) is 22.4 Å².